The smallest absolute Gasteiger partial charge is 0.478 e. The van der Waals surface area contributed by atoms with Crippen molar-refractivity contribution in [3.8, 4) is 5.75 Å². The van der Waals surface area contributed by atoms with Crippen LogP contribution in [0.15, 0.2) is 36.4 Å². The number of carboxylic acid groups (broad SMARTS) is 1. The Kier molecular flexibility index (Phi) is 5.17. The normalized spacial score (nSPS) is 11.2. The Morgan fingerprint density at radius 3 is 2.40 bits per heavy atom. The lowest BCUT2D eigenvalue weighted by Crippen LogP contribution is -2.17. The molecule has 0 radical (unpaired) electrons. The second-order valence-corrected chi connectivity index (χ2v) is 5.32. The predicted molar refractivity (Wildman–Crippen MR) is 81.0 cm³/mol. The van der Waals surface area contributed by atoms with Crippen LogP contribution in [0.4, 0.5) is 18.9 Å². The maximum atomic E-state index is 12.2. The van der Waals surface area contributed by atoms with Crippen LogP contribution in [-0.2, 0) is 6.42 Å². The van der Waals surface area contributed by atoms with Gasteiger partial charge in [-0.3, -0.25) is 10.1 Å². The lowest BCUT2D eigenvalue weighted by atomic mass is 9.98. The molecule has 0 aliphatic carbocycles. The van der Waals surface area contributed by atoms with Crippen molar-refractivity contribution in [1.82, 2.24) is 0 Å². The molecule has 0 unspecified atom stereocenters. The minimum Gasteiger partial charge on any atom is -0.478 e. The number of aromatic carboxylic acids is 1. The Labute approximate surface area is 143 Å². The summed E-state index contributed by atoms with van der Waals surface area (Å²) in [7, 11) is 0. The van der Waals surface area contributed by atoms with Gasteiger partial charge in [0.05, 0.1) is 16.6 Å². The Balaban J connectivity index is 2.43. The highest BCUT2D eigenvalue weighted by atomic mass is 35.5. The molecule has 0 heterocycles. The molecule has 2 aromatic carbocycles. The van der Waals surface area contributed by atoms with Crippen molar-refractivity contribution in [2.45, 2.75) is 12.8 Å². The number of hydrogen-bond donors (Lipinski definition) is 1. The van der Waals surface area contributed by atoms with Gasteiger partial charge in [-0.15, -0.1) is 13.2 Å². The molecule has 6 nitrogen and oxygen atoms in total. The molecule has 0 spiro atoms. The highest BCUT2D eigenvalue weighted by Gasteiger charge is 2.32. The zero-order chi connectivity index (χ0) is 18.8. The average Bonchev–Trinajstić information content (AvgIpc) is 2.48. The molecule has 25 heavy (non-hydrogen) atoms. The van der Waals surface area contributed by atoms with E-state index in [1.54, 1.807) is 0 Å². The Morgan fingerprint density at radius 1 is 1.20 bits per heavy atom. The number of ether oxygens (including phenoxy) is 1. The van der Waals surface area contributed by atoms with Gasteiger partial charge in [-0.05, 0) is 29.8 Å². The number of carbonyl (C=O) groups is 1. The van der Waals surface area contributed by atoms with Gasteiger partial charge < -0.3 is 9.84 Å². The second-order valence-electron chi connectivity index (χ2n) is 4.88. The van der Waals surface area contributed by atoms with Crippen molar-refractivity contribution >= 4 is 23.3 Å². The first-order chi connectivity index (χ1) is 11.6. The van der Waals surface area contributed by atoms with Crippen LogP contribution in [0.5, 0.6) is 5.75 Å². The van der Waals surface area contributed by atoms with Gasteiger partial charge in [-0.2, -0.15) is 0 Å². The van der Waals surface area contributed by atoms with Crippen molar-refractivity contribution in [2.24, 2.45) is 0 Å². The molecule has 2 rings (SSSR count). The van der Waals surface area contributed by atoms with E-state index in [0.717, 1.165) is 12.1 Å². The van der Waals surface area contributed by atoms with E-state index in [2.05, 4.69) is 4.74 Å². The monoisotopic (exact) mass is 375 g/mol. The largest absolute Gasteiger partial charge is 0.573 e. The summed E-state index contributed by atoms with van der Waals surface area (Å²) in [6, 6.07) is 6.63. The third-order valence-electron chi connectivity index (χ3n) is 3.17. The van der Waals surface area contributed by atoms with Gasteiger partial charge >= 0.3 is 12.3 Å². The van der Waals surface area contributed by atoms with Crippen molar-refractivity contribution in [2.75, 3.05) is 0 Å². The van der Waals surface area contributed by atoms with Gasteiger partial charge in [-0.1, -0.05) is 17.7 Å². The first kappa shape index (κ1) is 18.5. The van der Waals surface area contributed by atoms with Crippen LogP contribution in [0.1, 0.15) is 21.5 Å². The van der Waals surface area contributed by atoms with Crippen LogP contribution in [0, 0.1) is 10.1 Å². The summed E-state index contributed by atoms with van der Waals surface area (Å²) in [6.07, 6.45) is -5.16. The van der Waals surface area contributed by atoms with Crippen LogP contribution in [-0.4, -0.2) is 22.4 Å². The summed E-state index contributed by atoms with van der Waals surface area (Å²) in [5.41, 5.74) is -0.515. The number of nitro benzene ring substituents is 1. The molecule has 0 bridgehead atoms. The number of rotatable bonds is 5. The molecule has 0 atom stereocenters. The highest BCUT2D eigenvalue weighted by Crippen LogP contribution is 2.31. The van der Waals surface area contributed by atoms with Crippen LogP contribution in [0.2, 0.25) is 5.02 Å². The van der Waals surface area contributed by atoms with Crippen LogP contribution in [0.25, 0.3) is 0 Å². The molecule has 1 N–H and O–H groups in total. The number of hydrogen-bond acceptors (Lipinski definition) is 4. The maximum Gasteiger partial charge on any atom is 0.573 e. The summed E-state index contributed by atoms with van der Waals surface area (Å²) in [5.74, 6) is -2.02. The van der Waals surface area contributed by atoms with Crippen LogP contribution in [0.3, 0.4) is 0 Å². The third-order valence-corrected chi connectivity index (χ3v) is 3.41. The van der Waals surface area contributed by atoms with Gasteiger partial charge in [0, 0.05) is 17.0 Å². The molecular weight excluding hydrogens is 367 g/mol. The van der Waals surface area contributed by atoms with E-state index < -0.39 is 28.7 Å². The standard InChI is InChI=1S/C15H9ClF3NO5/c16-10-3-1-8(12(6-10)14(21)22)5-9-2-4-11(25-15(17,18)19)7-13(9)20(23)24/h1-4,6-7H,5H2,(H,21,22). The van der Waals surface area contributed by atoms with Crippen LogP contribution >= 0.6 is 11.6 Å². The van der Waals surface area contributed by atoms with Crippen molar-refractivity contribution in [3.63, 3.8) is 0 Å². The lowest BCUT2D eigenvalue weighted by Gasteiger charge is -2.11. The van der Waals surface area contributed by atoms with E-state index in [4.69, 9.17) is 11.6 Å². The summed E-state index contributed by atoms with van der Waals surface area (Å²) < 4.78 is 40.4. The fourth-order valence-electron chi connectivity index (χ4n) is 2.17. The second kappa shape index (κ2) is 6.98. The summed E-state index contributed by atoms with van der Waals surface area (Å²) >= 11 is 5.73. The molecule has 0 aliphatic heterocycles. The summed E-state index contributed by atoms with van der Waals surface area (Å²) in [6.45, 7) is 0. The Bertz CT molecular complexity index is 838. The number of alkyl halides is 3. The van der Waals surface area contributed by atoms with E-state index in [1.165, 1.54) is 18.2 Å². The topological polar surface area (TPSA) is 89.7 Å². The summed E-state index contributed by atoms with van der Waals surface area (Å²) in [5, 5.41) is 20.5. The molecule has 0 saturated carbocycles. The molecular formula is C15H9ClF3NO5. The first-order valence-corrected chi connectivity index (χ1v) is 6.99. The van der Waals surface area contributed by atoms with Gasteiger partial charge in [0.2, 0.25) is 0 Å². The molecule has 0 aromatic heterocycles. The van der Waals surface area contributed by atoms with Crippen LogP contribution < -0.4 is 4.74 Å². The zero-order valence-electron chi connectivity index (χ0n) is 12.2. The highest BCUT2D eigenvalue weighted by molar-refractivity contribution is 6.31. The minimum atomic E-state index is -4.98. The minimum absolute atomic E-state index is 0.0318. The third kappa shape index (κ3) is 4.83. The average molecular weight is 376 g/mol. The van der Waals surface area contributed by atoms with Crippen molar-refractivity contribution in [3.05, 3.63) is 68.2 Å². The molecule has 10 heteroatoms. The number of nitro groups is 1. The fourth-order valence-corrected chi connectivity index (χ4v) is 2.34. The van der Waals surface area contributed by atoms with Crippen molar-refractivity contribution in [1.29, 1.82) is 0 Å². The fraction of sp³-hybridized carbons (Fsp3) is 0.133. The quantitative estimate of drug-likeness (QED) is 0.616. The zero-order valence-corrected chi connectivity index (χ0v) is 13.0. The molecule has 132 valence electrons. The number of halogens is 4. The first-order valence-electron chi connectivity index (χ1n) is 6.61. The van der Waals surface area contributed by atoms with E-state index >= 15 is 0 Å². The van der Waals surface area contributed by atoms with Gasteiger partial charge in [-0.25, -0.2) is 4.79 Å². The van der Waals surface area contributed by atoms with E-state index in [1.807, 2.05) is 0 Å². The number of carboxylic acids is 1. The van der Waals surface area contributed by atoms with Gasteiger partial charge in [0.15, 0.2) is 0 Å². The summed E-state index contributed by atoms with van der Waals surface area (Å²) in [4.78, 5) is 21.5. The number of benzene rings is 2. The molecule has 0 amide bonds. The molecule has 2 aromatic rings. The van der Waals surface area contributed by atoms with E-state index in [9.17, 15) is 33.2 Å². The SMILES string of the molecule is O=C(O)c1cc(Cl)ccc1Cc1ccc(OC(F)(F)F)cc1[N+](=O)[O-]. The Hall–Kier alpha value is -2.81. The Morgan fingerprint density at radius 2 is 1.84 bits per heavy atom. The van der Waals surface area contributed by atoms with E-state index in [-0.39, 0.29) is 28.1 Å². The van der Waals surface area contributed by atoms with Gasteiger partial charge in [0.1, 0.15) is 5.75 Å². The van der Waals surface area contributed by atoms with Crippen molar-refractivity contribution < 1.29 is 32.7 Å². The molecule has 0 aliphatic rings. The van der Waals surface area contributed by atoms with E-state index in [0.29, 0.717) is 6.07 Å². The predicted octanol–water partition coefficient (Wildman–Crippen LogP) is 4.44. The maximum absolute atomic E-state index is 12.2. The number of nitrogens with zero attached hydrogens (tertiary/aromatic N) is 1. The van der Waals surface area contributed by atoms with Gasteiger partial charge in [0.25, 0.3) is 5.69 Å². The molecule has 0 fully saturated rings. The lowest BCUT2D eigenvalue weighted by molar-refractivity contribution is -0.385. The molecule has 0 saturated heterocycles.